The second kappa shape index (κ2) is 7.55. The van der Waals surface area contributed by atoms with Crippen molar-refractivity contribution >= 4 is 31.9 Å². The van der Waals surface area contributed by atoms with Crippen LogP contribution in [0.2, 0.25) is 0 Å². The highest BCUT2D eigenvalue weighted by molar-refractivity contribution is 9.11. The fraction of sp³-hybridized carbons (Fsp3) is 0.571. The zero-order valence-electron chi connectivity index (χ0n) is 10.8. The minimum atomic E-state index is 0.439. The summed E-state index contributed by atoms with van der Waals surface area (Å²) in [5, 5.41) is 3.43. The first-order valence-electron chi connectivity index (χ1n) is 6.23. The van der Waals surface area contributed by atoms with E-state index in [2.05, 4.69) is 69.2 Å². The maximum absolute atomic E-state index is 3.55. The second-order valence-electron chi connectivity index (χ2n) is 4.46. The van der Waals surface area contributed by atoms with Crippen molar-refractivity contribution in [2.24, 2.45) is 5.92 Å². The van der Waals surface area contributed by atoms with Gasteiger partial charge in [0.05, 0.1) is 0 Å². The molecule has 3 heteroatoms. The average Bonchev–Trinajstić information content (AvgIpc) is 2.29. The summed E-state index contributed by atoms with van der Waals surface area (Å²) in [6.45, 7) is 4.55. The lowest BCUT2D eigenvalue weighted by Gasteiger charge is -2.22. The summed E-state index contributed by atoms with van der Waals surface area (Å²) >= 11 is 7.11. The molecule has 0 saturated carbocycles. The quantitative estimate of drug-likeness (QED) is 0.724. The van der Waals surface area contributed by atoms with Gasteiger partial charge in [-0.25, -0.2) is 0 Å². The molecule has 0 aliphatic carbocycles. The number of halogens is 2. The first kappa shape index (κ1) is 15.2. The number of hydrogen-bond donors (Lipinski definition) is 1. The Hall–Kier alpha value is 0.140. The van der Waals surface area contributed by atoms with Crippen LogP contribution in [0.15, 0.2) is 27.1 Å². The summed E-state index contributed by atoms with van der Waals surface area (Å²) in [6.07, 6.45) is 3.71. The van der Waals surface area contributed by atoms with Gasteiger partial charge in [-0.15, -0.1) is 0 Å². The zero-order valence-corrected chi connectivity index (χ0v) is 13.9. The first-order valence-corrected chi connectivity index (χ1v) is 7.82. The van der Waals surface area contributed by atoms with Gasteiger partial charge >= 0.3 is 0 Å². The lowest BCUT2D eigenvalue weighted by Crippen LogP contribution is -2.19. The van der Waals surface area contributed by atoms with Crippen molar-refractivity contribution in [1.82, 2.24) is 5.32 Å². The molecule has 0 bridgehead atoms. The highest BCUT2D eigenvalue weighted by Crippen LogP contribution is 2.29. The number of nitrogens with one attached hydrogen (secondary N) is 1. The van der Waals surface area contributed by atoms with E-state index in [-0.39, 0.29) is 0 Å². The molecule has 1 nitrogen and oxygen atoms in total. The van der Waals surface area contributed by atoms with Crippen LogP contribution in [-0.4, -0.2) is 7.05 Å². The third-order valence-electron chi connectivity index (χ3n) is 3.36. The maximum Gasteiger partial charge on any atom is 0.0320 e. The van der Waals surface area contributed by atoms with Crippen LogP contribution in [0.4, 0.5) is 0 Å². The van der Waals surface area contributed by atoms with E-state index >= 15 is 0 Å². The van der Waals surface area contributed by atoms with E-state index < -0.39 is 0 Å². The third-order valence-corrected chi connectivity index (χ3v) is 4.28. The SMILES string of the molecule is CCC(CC)CC(NC)c1cc(Br)cc(Br)c1. The summed E-state index contributed by atoms with van der Waals surface area (Å²) in [5.74, 6) is 0.796. The van der Waals surface area contributed by atoms with Gasteiger partial charge in [-0.05, 0) is 43.1 Å². The minimum Gasteiger partial charge on any atom is -0.313 e. The van der Waals surface area contributed by atoms with E-state index in [1.807, 2.05) is 7.05 Å². The van der Waals surface area contributed by atoms with Gasteiger partial charge in [0.15, 0.2) is 0 Å². The molecule has 96 valence electrons. The molecule has 1 N–H and O–H groups in total. The highest BCUT2D eigenvalue weighted by Gasteiger charge is 2.15. The van der Waals surface area contributed by atoms with Crippen molar-refractivity contribution in [3.63, 3.8) is 0 Å². The molecule has 0 aliphatic heterocycles. The normalized spacial score (nSPS) is 13.1. The largest absolute Gasteiger partial charge is 0.313 e. The van der Waals surface area contributed by atoms with E-state index in [0.717, 1.165) is 14.9 Å². The van der Waals surface area contributed by atoms with Gasteiger partial charge in [0.25, 0.3) is 0 Å². The van der Waals surface area contributed by atoms with Crippen molar-refractivity contribution in [2.45, 2.75) is 39.2 Å². The van der Waals surface area contributed by atoms with Gasteiger partial charge in [-0.2, -0.15) is 0 Å². The van der Waals surface area contributed by atoms with Crippen LogP contribution in [0.5, 0.6) is 0 Å². The monoisotopic (exact) mass is 361 g/mol. The lowest BCUT2D eigenvalue weighted by atomic mass is 9.91. The molecule has 0 amide bonds. The van der Waals surface area contributed by atoms with Gasteiger partial charge < -0.3 is 5.32 Å². The van der Waals surface area contributed by atoms with Crippen LogP contribution < -0.4 is 5.32 Å². The molecular weight excluding hydrogens is 342 g/mol. The second-order valence-corrected chi connectivity index (χ2v) is 6.29. The highest BCUT2D eigenvalue weighted by atomic mass is 79.9. The minimum absolute atomic E-state index is 0.439. The Balaban J connectivity index is 2.85. The molecule has 1 aromatic rings. The van der Waals surface area contributed by atoms with E-state index in [1.54, 1.807) is 0 Å². The van der Waals surface area contributed by atoms with Crippen LogP contribution in [0.1, 0.15) is 44.7 Å². The topological polar surface area (TPSA) is 12.0 Å². The fourth-order valence-electron chi connectivity index (χ4n) is 2.15. The van der Waals surface area contributed by atoms with Crippen molar-refractivity contribution < 1.29 is 0 Å². The average molecular weight is 363 g/mol. The van der Waals surface area contributed by atoms with E-state index in [1.165, 1.54) is 24.8 Å². The van der Waals surface area contributed by atoms with Crippen LogP contribution >= 0.6 is 31.9 Å². The standard InChI is InChI=1S/C14H21Br2N/c1-4-10(5-2)6-14(17-3)11-7-12(15)9-13(16)8-11/h7-10,14,17H,4-6H2,1-3H3. The van der Waals surface area contributed by atoms with Gasteiger partial charge in [-0.1, -0.05) is 58.5 Å². The molecule has 1 rings (SSSR count). The van der Waals surface area contributed by atoms with E-state index in [4.69, 9.17) is 0 Å². The van der Waals surface area contributed by atoms with Crippen molar-refractivity contribution in [1.29, 1.82) is 0 Å². The molecular formula is C14H21Br2N. The first-order chi connectivity index (χ1) is 8.10. The summed E-state index contributed by atoms with van der Waals surface area (Å²) in [7, 11) is 2.04. The Bertz CT molecular complexity index is 328. The number of benzene rings is 1. The van der Waals surface area contributed by atoms with Gasteiger partial charge in [0, 0.05) is 15.0 Å². The van der Waals surface area contributed by atoms with Crippen LogP contribution in [0, 0.1) is 5.92 Å². The number of hydrogen-bond acceptors (Lipinski definition) is 1. The molecule has 17 heavy (non-hydrogen) atoms. The Morgan fingerprint density at radius 3 is 2.00 bits per heavy atom. The summed E-state index contributed by atoms with van der Waals surface area (Å²) in [4.78, 5) is 0. The molecule has 1 aromatic carbocycles. The summed E-state index contributed by atoms with van der Waals surface area (Å²) < 4.78 is 2.26. The predicted octanol–water partition coefficient (Wildman–Crippen LogP) is 5.30. The Morgan fingerprint density at radius 1 is 1.06 bits per heavy atom. The smallest absolute Gasteiger partial charge is 0.0320 e. The van der Waals surface area contributed by atoms with Crippen molar-refractivity contribution in [3.8, 4) is 0 Å². The van der Waals surface area contributed by atoms with Crippen LogP contribution in [0.3, 0.4) is 0 Å². The fourth-order valence-corrected chi connectivity index (χ4v) is 3.48. The predicted molar refractivity (Wildman–Crippen MR) is 82.3 cm³/mol. The molecule has 0 aliphatic rings. The third kappa shape index (κ3) is 4.72. The van der Waals surface area contributed by atoms with Crippen LogP contribution in [0.25, 0.3) is 0 Å². The van der Waals surface area contributed by atoms with Gasteiger partial charge in [0.2, 0.25) is 0 Å². The molecule has 0 radical (unpaired) electrons. The molecule has 0 heterocycles. The molecule has 0 spiro atoms. The molecule has 0 aromatic heterocycles. The maximum atomic E-state index is 3.55. The van der Waals surface area contributed by atoms with E-state index in [9.17, 15) is 0 Å². The van der Waals surface area contributed by atoms with Gasteiger partial charge in [-0.3, -0.25) is 0 Å². The van der Waals surface area contributed by atoms with Crippen molar-refractivity contribution in [2.75, 3.05) is 7.05 Å². The zero-order chi connectivity index (χ0) is 12.8. The van der Waals surface area contributed by atoms with E-state index in [0.29, 0.717) is 6.04 Å². The van der Waals surface area contributed by atoms with Crippen molar-refractivity contribution in [3.05, 3.63) is 32.7 Å². The Labute approximate surface area is 122 Å². The lowest BCUT2D eigenvalue weighted by molar-refractivity contribution is 0.385. The Kier molecular flexibility index (Phi) is 6.75. The molecule has 1 atom stereocenters. The summed E-state index contributed by atoms with van der Waals surface area (Å²) in [6, 6.07) is 6.92. The summed E-state index contributed by atoms with van der Waals surface area (Å²) in [5.41, 5.74) is 1.35. The number of rotatable bonds is 6. The van der Waals surface area contributed by atoms with Gasteiger partial charge in [0.1, 0.15) is 0 Å². The molecule has 1 unspecified atom stereocenters. The molecule has 0 fully saturated rings. The van der Waals surface area contributed by atoms with Crippen LogP contribution in [-0.2, 0) is 0 Å². The molecule has 0 saturated heterocycles. The Morgan fingerprint density at radius 2 is 1.59 bits per heavy atom.